The molecule has 1 fully saturated rings. The van der Waals surface area contributed by atoms with Gasteiger partial charge in [-0.05, 0) is 42.5 Å². The highest BCUT2D eigenvalue weighted by Gasteiger charge is 2.17. The van der Waals surface area contributed by atoms with Gasteiger partial charge in [-0.25, -0.2) is 10.2 Å². The Kier molecular flexibility index (Phi) is 8.79. The lowest BCUT2D eigenvalue weighted by Crippen LogP contribution is -2.37. The van der Waals surface area contributed by atoms with Gasteiger partial charge in [0.1, 0.15) is 11.5 Å². The number of methoxy groups -OCH3 is 1. The molecule has 0 spiro atoms. The van der Waals surface area contributed by atoms with Gasteiger partial charge in [-0.3, -0.25) is 0 Å². The molecular formula is C28H26BrN7O4. The number of halogens is 1. The number of hydrogen-bond donors (Lipinski definition) is 2. The number of aromatic nitrogens is 3. The van der Waals surface area contributed by atoms with E-state index in [2.05, 4.69) is 46.7 Å². The van der Waals surface area contributed by atoms with Crippen LogP contribution >= 0.6 is 15.9 Å². The van der Waals surface area contributed by atoms with Crippen LogP contribution in [0.2, 0.25) is 0 Å². The van der Waals surface area contributed by atoms with Gasteiger partial charge in [0.2, 0.25) is 17.8 Å². The van der Waals surface area contributed by atoms with Crippen molar-refractivity contribution in [1.29, 1.82) is 0 Å². The highest BCUT2D eigenvalue weighted by atomic mass is 79.9. The summed E-state index contributed by atoms with van der Waals surface area (Å²) in [6, 6.07) is 21.7. The molecule has 0 saturated carbocycles. The molecule has 11 nitrogen and oxygen atoms in total. The molecule has 40 heavy (non-hydrogen) atoms. The average molecular weight is 604 g/mol. The number of esters is 1. The normalized spacial score (nSPS) is 13.2. The zero-order chi connectivity index (χ0) is 27.7. The van der Waals surface area contributed by atoms with Crippen molar-refractivity contribution < 1.29 is 19.0 Å². The van der Waals surface area contributed by atoms with E-state index in [1.54, 1.807) is 42.6 Å². The fraction of sp³-hybridized carbons (Fsp3) is 0.179. The first-order valence-corrected chi connectivity index (χ1v) is 13.2. The quantitative estimate of drug-likeness (QED) is 0.118. The summed E-state index contributed by atoms with van der Waals surface area (Å²) in [7, 11) is 1.53. The van der Waals surface area contributed by atoms with Crippen LogP contribution in [0.5, 0.6) is 11.5 Å². The van der Waals surface area contributed by atoms with Crippen molar-refractivity contribution in [3.63, 3.8) is 0 Å². The minimum absolute atomic E-state index is 0.268. The maximum atomic E-state index is 12.5. The van der Waals surface area contributed by atoms with Gasteiger partial charge < -0.3 is 24.4 Å². The van der Waals surface area contributed by atoms with Crippen LogP contribution in [0.4, 0.5) is 23.5 Å². The number of rotatable bonds is 9. The molecule has 0 amide bonds. The smallest absolute Gasteiger partial charge is 0.343 e. The monoisotopic (exact) mass is 603 g/mol. The number of anilines is 4. The number of nitrogens with zero attached hydrogens (tertiary/aromatic N) is 5. The minimum Gasteiger partial charge on any atom is -0.496 e. The number of morpholine rings is 1. The van der Waals surface area contributed by atoms with Crippen LogP contribution in [0.3, 0.4) is 0 Å². The van der Waals surface area contributed by atoms with Crippen LogP contribution in [0.1, 0.15) is 15.9 Å². The Labute approximate surface area is 239 Å². The van der Waals surface area contributed by atoms with Crippen molar-refractivity contribution in [3.05, 3.63) is 88.4 Å². The molecule has 0 aliphatic carbocycles. The first kappa shape index (κ1) is 27.0. The van der Waals surface area contributed by atoms with Crippen molar-refractivity contribution >= 4 is 51.6 Å². The van der Waals surface area contributed by atoms with Gasteiger partial charge in [0.25, 0.3) is 0 Å². The molecule has 1 saturated heterocycles. The maximum absolute atomic E-state index is 12.5. The molecule has 5 rings (SSSR count). The van der Waals surface area contributed by atoms with E-state index in [0.717, 1.165) is 10.2 Å². The lowest BCUT2D eigenvalue weighted by Gasteiger charge is -2.27. The summed E-state index contributed by atoms with van der Waals surface area (Å²) in [5, 5.41) is 7.52. The number of nitrogens with one attached hydrogen (secondary N) is 2. The standard InChI is InChI=1S/C28H26BrN7O4/c1-38-24-17-23(40-25(37)19-6-5-7-21(29)16-19)11-10-20(24)18-30-35-27-32-26(31-22-8-3-2-4-9-22)33-28(34-27)36-12-14-39-15-13-36/h2-11,16-18H,12-15H2,1H3,(H2,31,32,33,34,35). The molecule has 204 valence electrons. The second-order valence-corrected chi connectivity index (χ2v) is 9.46. The molecule has 0 atom stereocenters. The third kappa shape index (κ3) is 7.10. The molecular weight excluding hydrogens is 578 g/mol. The largest absolute Gasteiger partial charge is 0.496 e. The summed E-state index contributed by atoms with van der Waals surface area (Å²) in [5.41, 5.74) is 4.82. The third-order valence-corrected chi connectivity index (χ3v) is 6.28. The zero-order valence-electron chi connectivity index (χ0n) is 21.6. The summed E-state index contributed by atoms with van der Waals surface area (Å²) in [5.74, 6) is 1.51. The Morgan fingerprint density at radius 3 is 2.58 bits per heavy atom. The maximum Gasteiger partial charge on any atom is 0.343 e. The minimum atomic E-state index is -0.475. The Hall–Kier alpha value is -4.55. The number of hydrazone groups is 1. The van der Waals surface area contributed by atoms with Gasteiger partial charge in [0.05, 0.1) is 32.1 Å². The Morgan fingerprint density at radius 2 is 1.80 bits per heavy atom. The number of carbonyl (C=O) groups excluding carboxylic acids is 1. The number of benzene rings is 3. The lowest BCUT2D eigenvalue weighted by atomic mass is 10.2. The van der Waals surface area contributed by atoms with Crippen molar-refractivity contribution in [2.75, 3.05) is 49.1 Å². The molecule has 3 aromatic carbocycles. The van der Waals surface area contributed by atoms with E-state index in [0.29, 0.717) is 60.8 Å². The summed E-state index contributed by atoms with van der Waals surface area (Å²) >= 11 is 3.36. The van der Waals surface area contributed by atoms with E-state index in [9.17, 15) is 4.79 Å². The molecule has 1 aliphatic rings. The highest BCUT2D eigenvalue weighted by molar-refractivity contribution is 9.10. The van der Waals surface area contributed by atoms with Crippen molar-refractivity contribution in [1.82, 2.24) is 15.0 Å². The van der Waals surface area contributed by atoms with Gasteiger partial charge in [-0.1, -0.05) is 40.2 Å². The molecule has 0 bridgehead atoms. The fourth-order valence-electron chi connectivity index (χ4n) is 3.83. The van der Waals surface area contributed by atoms with Gasteiger partial charge in [-0.2, -0.15) is 20.1 Å². The lowest BCUT2D eigenvalue weighted by molar-refractivity contribution is 0.0734. The highest BCUT2D eigenvalue weighted by Crippen LogP contribution is 2.25. The number of ether oxygens (including phenoxy) is 3. The fourth-order valence-corrected chi connectivity index (χ4v) is 4.23. The molecule has 1 aliphatic heterocycles. The first-order chi connectivity index (χ1) is 19.6. The van der Waals surface area contributed by atoms with Crippen LogP contribution in [-0.2, 0) is 4.74 Å². The summed E-state index contributed by atoms with van der Waals surface area (Å²) in [6.45, 7) is 2.55. The first-order valence-electron chi connectivity index (χ1n) is 12.4. The third-order valence-electron chi connectivity index (χ3n) is 5.79. The van der Waals surface area contributed by atoms with Crippen LogP contribution in [0, 0.1) is 0 Å². The second-order valence-electron chi connectivity index (χ2n) is 8.55. The second kappa shape index (κ2) is 13.0. The van der Waals surface area contributed by atoms with Crippen LogP contribution < -0.4 is 25.1 Å². The molecule has 2 N–H and O–H groups in total. The predicted molar refractivity (Wildman–Crippen MR) is 156 cm³/mol. The van der Waals surface area contributed by atoms with Gasteiger partial charge in [-0.15, -0.1) is 0 Å². The van der Waals surface area contributed by atoms with E-state index in [1.807, 2.05) is 41.3 Å². The van der Waals surface area contributed by atoms with Crippen LogP contribution in [0.15, 0.2) is 82.4 Å². The Balaban J connectivity index is 1.31. The number of carbonyl (C=O) groups is 1. The molecule has 4 aromatic rings. The predicted octanol–water partition coefficient (Wildman–Crippen LogP) is 4.89. The van der Waals surface area contributed by atoms with E-state index in [4.69, 9.17) is 14.2 Å². The number of para-hydroxylation sites is 1. The van der Waals surface area contributed by atoms with E-state index in [1.165, 1.54) is 7.11 Å². The van der Waals surface area contributed by atoms with Crippen LogP contribution in [0.25, 0.3) is 0 Å². The topological polar surface area (TPSA) is 123 Å². The molecule has 0 radical (unpaired) electrons. The molecule has 2 heterocycles. The van der Waals surface area contributed by atoms with E-state index >= 15 is 0 Å². The van der Waals surface area contributed by atoms with Crippen molar-refractivity contribution in [2.45, 2.75) is 0 Å². The SMILES string of the molecule is COc1cc(OC(=O)c2cccc(Br)c2)ccc1C=NNc1nc(Nc2ccccc2)nc(N2CCOCC2)n1. The summed E-state index contributed by atoms with van der Waals surface area (Å²) < 4.78 is 17.3. The summed E-state index contributed by atoms with van der Waals surface area (Å²) in [4.78, 5) is 28.1. The molecule has 1 aromatic heterocycles. The average Bonchev–Trinajstić information content (AvgIpc) is 2.98. The van der Waals surface area contributed by atoms with Gasteiger partial charge in [0, 0.05) is 34.9 Å². The van der Waals surface area contributed by atoms with Gasteiger partial charge in [0.15, 0.2) is 0 Å². The van der Waals surface area contributed by atoms with Gasteiger partial charge >= 0.3 is 5.97 Å². The Bertz CT molecular complexity index is 1500. The molecule has 12 heteroatoms. The van der Waals surface area contributed by atoms with E-state index in [-0.39, 0.29) is 5.95 Å². The molecule has 0 unspecified atom stereocenters. The zero-order valence-corrected chi connectivity index (χ0v) is 23.2. The van der Waals surface area contributed by atoms with Crippen molar-refractivity contribution in [2.24, 2.45) is 5.10 Å². The van der Waals surface area contributed by atoms with Crippen LogP contribution in [-0.4, -0.2) is 60.5 Å². The van der Waals surface area contributed by atoms with E-state index < -0.39 is 5.97 Å². The van der Waals surface area contributed by atoms with Crippen molar-refractivity contribution in [3.8, 4) is 11.5 Å². The Morgan fingerprint density at radius 1 is 1.00 bits per heavy atom. The number of hydrogen-bond acceptors (Lipinski definition) is 11. The summed E-state index contributed by atoms with van der Waals surface area (Å²) in [6.07, 6.45) is 1.57.